The fourth-order valence-electron chi connectivity index (χ4n) is 5.48. The zero-order valence-electron chi connectivity index (χ0n) is 23.9. The van der Waals surface area contributed by atoms with Crippen molar-refractivity contribution in [3.8, 4) is 16.9 Å². The summed E-state index contributed by atoms with van der Waals surface area (Å²) in [5.74, 6) is -1.45. The fraction of sp³-hybridized carbons (Fsp3) is 0.387. The Bertz CT molecular complexity index is 1590. The van der Waals surface area contributed by atoms with Gasteiger partial charge in [0.2, 0.25) is 0 Å². The molecule has 9 heteroatoms. The second-order valence-corrected chi connectivity index (χ2v) is 11.0. The van der Waals surface area contributed by atoms with Gasteiger partial charge in [-0.05, 0) is 56.9 Å². The van der Waals surface area contributed by atoms with E-state index in [4.69, 9.17) is 14.6 Å². The number of amides is 1. The number of carbonyl (C=O) groups excluding carboxylic acids is 2. The molecule has 4 aromatic rings. The minimum absolute atomic E-state index is 0.148. The molecule has 3 heterocycles. The van der Waals surface area contributed by atoms with Gasteiger partial charge in [0, 0.05) is 35.7 Å². The van der Waals surface area contributed by atoms with E-state index in [1.165, 1.54) is 13.2 Å². The van der Waals surface area contributed by atoms with E-state index in [0.29, 0.717) is 35.1 Å². The lowest BCUT2D eigenvalue weighted by atomic mass is 9.96. The molecule has 210 valence electrons. The number of aromatic nitrogens is 3. The summed E-state index contributed by atoms with van der Waals surface area (Å²) in [6.07, 6.45) is 3.37. The van der Waals surface area contributed by atoms with Crippen molar-refractivity contribution < 1.29 is 23.5 Å². The van der Waals surface area contributed by atoms with E-state index in [0.717, 1.165) is 40.9 Å². The summed E-state index contributed by atoms with van der Waals surface area (Å²) in [6.45, 7) is 10.4. The quantitative estimate of drug-likeness (QED) is 0.294. The largest absolute Gasteiger partial charge is 0.465 e. The Hall–Kier alpha value is -4.14. The van der Waals surface area contributed by atoms with Crippen molar-refractivity contribution in [3.05, 3.63) is 70.3 Å². The second-order valence-electron chi connectivity index (χ2n) is 11.0. The molecule has 40 heavy (non-hydrogen) atoms. The van der Waals surface area contributed by atoms with Crippen LogP contribution >= 0.6 is 0 Å². The highest BCUT2D eigenvalue weighted by Gasteiger charge is 2.33. The van der Waals surface area contributed by atoms with Gasteiger partial charge in [-0.25, -0.2) is 18.7 Å². The predicted molar refractivity (Wildman–Crippen MR) is 151 cm³/mol. The molecule has 0 saturated heterocycles. The Morgan fingerprint density at radius 3 is 2.45 bits per heavy atom. The van der Waals surface area contributed by atoms with Crippen LogP contribution in [0, 0.1) is 5.82 Å². The van der Waals surface area contributed by atoms with Gasteiger partial charge in [-0.2, -0.15) is 5.10 Å². The number of hydrogen-bond donors (Lipinski definition) is 1. The zero-order chi connectivity index (χ0) is 28.8. The molecule has 8 nitrogen and oxygen atoms in total. The molecule has 0 aliphatic carbocycles. The predicted octanol–water partition coefficient (Wildman–Crippen LogP) is 6.36. The Balaban J connectivity index is 1.79. The standard InChI is InChI=1S/C31H35FN4O4/c1-7-18-10-9-11-19(8-2)27(18)36-28(21-16-23(32)25(29(37)39-6)26-20(21)12-14-33-26)22-17-35(15-13-24(22)34-36)30(38)40-31(3,4)5/h9-12,14,16,33H,7-8,13,15,17H2,1-6H3. The summed E-state index contributed by atoms with van der Waals surface area (Å²) in [7, 11) is 1.23. The molecule has 0 bridgehead atoms. The smallest absolute Gasteiger partial charge is 0.410 e. The van der Waals surface area contributed by atoms with Crippen LogP contribution in [0.25, 0.3) is 27.8 Å². The van der Waals surface area contributed by atoms with Gasteiger partial charge in [-0.15, -0.1) is 0 Å². The molecule has 1 amide bonds. The second kappa shape index (κ2) is 10.4. The Kier molecular flexibility index (Phi) is 7.16. The van der Waals surface area contributed by atoms with Crippen LogP contribution in [-0.2, 0) is 35.3 Å². The van der Waals surface area contributed by atoms with Crippen LogP contribution in [0.15, 0.2) is 36.5 Å². The van der Waals surface area contributed by atoms with Crippen molar-refractivity contribution in [2.75, 3.05) is 13.7 Å². The van der Waals surface area contributed by atoms with Gasteiger partial charge in [-0.1, -0.05) is 32.0 Å². The lowest BCUT2D eigenvalue weighted by Crippen LogP contribution is -2.39. The molecule has 0 spiro atoms. The summed E-state index contributed by atoms with van der Waals surface area (Å²) in [6, 6.07) is 9.41. The highest BCUT2D eigenvalue weighted by molar-refractivity contribution is 6.08. The fourth-order valence-corrected chi connectivity index (χ4v) is 5.48. The molecule has 0 unspecified atom stereocenters. The number of methoxy groups -OCH3 is 1. The first-order valence-electron chi connectivity index (χ1n) is 13.7. The third-order valence-corrected chi connectivity index (χ3v) is 7.30. The first-order chi connectivity index (χ1) is 19.1. The number of esters is 1. The number of benzene rings is 2. The zero-order valence-corrected chi connectivity index (χ0v) is 23.9. The van der Waals surface area contributed by atoms with E-state index in [9.17, 15) is 9.59 Å². The third-order valence-electron chi connectivity index (χ3n) is 7.30. The number of ether oxygens (including phenoxy) is 2. The average Bonchev–Trinajstić information content (AvgIpc) is 3.55. The summed E-state index contributed by atoms with van der Waals surface area (Å²) in [5.41, 5.74) is 5.71. The Morgan fingerprint density at radius 1 is 1.12 bits per heavy atom. The van der Waals surface area contributed by atoms with Crippen molar-refractivity contribution in [3.63, 3.8) is 0 Å². The van der Waals surface area contributed by atoms with E-state index in [-0.39, 0.29) is 12.1 Å². The summed E-state index contributed by atoms with van der Waals surface area (Å²) < 4.78 is 28.2. The number of hydrogen-bond acceptors (Lipinski definition) is 5. The minimum Gasteiger partial charge on any atom is -0.465 e. The van der Waals surface area contributed by atoms with Crippen LogP contribution in [0.3, 0.4) is 0 Å². The van der Waals surface area contributed by atoms with Gasteiger partial charge in [-0.3, -0.25) is 0 Å². The summed E-state index contributed by atoms with van der Waals surface area (Å²) in [5, 5.41) is 5.75. The Labute approximate surface area is 233 Å². The Morgan fingerprint density at radius 2 is 1.82 bits per heavy atom. The van der Waals surface area contributed by atoms with Crippen molar-refractivity contribution in [1.82, 2.24) is 19.7 Å². The molecule has 0 atom stereocenters. The number of nitrogens with zero attached hydrogens (tertiary/aromatic N) is 3. The lowest BCUT2D eigenvalue weighted by Gasteiger charge is -2.30. The number of nitrogens with one attached hydrogen (secondary N) is 1. The maximum atomic E-state index is 15.7. The molecule has 0 radical (unpaired) electrons. The van der Waals surface area contributed by atoms with Crippen LogP contribution in [0.5, 0.6) is 0 Å². The van der Waals surface area contributed by atoms with Gasteiger partial charge in [0.15, 0.2) is 0 Å². The first-order valence-corrected chi connectivity index (χ1v) is 13.7. The molecule has 0 saturated carbocycles. The molecule has 2 aromatic carbocycles. The SMILES string of the molecule is CCc1cccc(CC)c1-n1nc2c(c1-c1cc(F)c(C(=O)OC)c3[nH]ccc13)CN(C(=O)OC(C)(C)C)CC2. The van der Waals surface area contributed by atoms with Crippen molar-refractivity contribution in [1.29, 1.82) is 0 Å². The summed E-state index contributed by atoms with van der Waals surface area (Å²) in [4.78, 5) is 30.3. The van der Waals surface area contributed by atoms with Crippen molar-refractivity contribution in [2.24, 2.45) is 0 Å². The lowest BCUT2D eigenvalue weighted by molar-refractivity contribution is 0.0223. The number of aromatic amines is 1. The monoisotopic (exact) mass is 546 g/mol. The maximum Gasteiger partial charge on any atom is 0.410 e. The van der Waals surface area contributed by atoms with Crippen molar-refractivity contribution in [2.45, 2.75) is 66.0 Å². The topological polar surface area (TPSA) is 89.5 Å². The molecule has 5 rings (SSSR count). The third kappa shape index (κ3) is 4.74. The highest BCUT2D eigenvalue weighted by atomic mass is 19.1. The number of fused-ring (bicyclic) bond motifs is 2. The average molecular weight is 547 g/mol. The molecule has 0 fully saturated rings. The van der Waals surface area contributed by atoms with E-state index in [1.54, 1.807) is 11.1 Å². The molecule has 1 aliphatic heterocycles. The van der Waals surface area contributed by atoms with Crippen LogP contribution in [-0.4, -0.2) is 51.0 Å². The minimum atomic E-state index is -0.757. The normalized spacial score (nSPS) is 13.4. The molecule has 1 N–H and O–H groups in total. The number of rotatable bonds is 5. The van der Waals surface area contributed by atoms with Gasteiger partial charge < -0.3 is 19.4 Å². The molecule has 1 aliphatic rings. The molecule has 2 aromatic heterocycles. The molecular formula is C31H35FN4O4. The van der Waals surface area contributed by atoms with E-state index < -0.39 is 23.5 Å². The van der Waals surface area contributed by atoms with Gasteiger partial charge in [0.1, 0.15) is 17.0 Å². The number of aryl methyl sites for hydroxylation is 2. The van der Waals surface area contributed by atoms with Crippen molar-refractivity contribution >= 4 is 23.0 Å². The van der Waals surface area contributed by atoms with Crippen LogP contribution < -0.4 is 0 Å². The van der Waals surface area contributed by atoms with Gasteiger partial charge in [0.05, 0.1) is 36.2 Å². The van der Waals surface area contributed by atoms with Gasteiger partial charge >= 0.3 is 12.1 Å². The number of H-pyrrole nitrogens is 1. The maximum absolute atomic E-state index is 15.7. The number of halogens is 1. The highest BCUT2D eigenvalue weighted by Crippen LogP contribution is 2.40. The first kappa shape index (κ1) is 27.4. The number of carbonyl (C=O) groups is 2. The van der Waals surface area contributed by atoms with Crippen LogP contribution in [0.2, 0.25) is 0 Å². The van der Waals surface area contributed by atoms with Crippen LogP contribution in [0.4, 0.5) is 9.18 Å². The van der Waals surface area contributed by atoms with E-state index in [2.05, 4.69) is 31.0 Å². The van der Waals surface area contributed by atoms with E-state index in [1.807, 2.05) is 37.6 Å². The van der Waals surface area contributed by atoms with E-state index >= 15 is 4.39 Å². The van der Waals surface area contributed by atoms with Gasteiger partial charge in [0.25, 0.3) is 0 Å². The number of para-hydroxylation sites is 1. The molecular weight excluding hydrogens is 511 g/mol. The van der Waals surface area contributed by atoms with Crippen LogP contribution in [0.1, 0.15) is 67.4 Å². The summed E-state index contributed by atoms with van der Waals surface area (Å²) >= 11 is 0.